The molecule has 18 heavy (non-hydrogen) atoms. The van der Waals surface area contributed by atoms with Crippen LogP contribution in [0, 0.1) is 11.3 Å². The average molecular weight is 246 g/mol. The topological polar surface area (TPSA) is 17.1 Å². The van der Waals surface area contributed by atoms with E-state index in [1.54, 1.807) is 0 Å². The van der Waals surface area contributed by atoms with Crippen molar-refractivity contribution in [3.05, 3.63) is 35.4 Å². The molecule has 0 saturated heterocycles. The standard InChI is InChI=1S/C17H26O/c1-6-14-7-9-15(10-8-14)16(18)11-13(2)12-17(3,4)5/h7-10,13H,6,11-12H2,1-5H3. The van der Waals surface area contributed by atoms with Crippen LogP contribution in [0.5, 0.6) is 0 Å². The van der Waals surface area contributed by atoms with E-state index in [2.05, 4.69) is 46.8 Å². The SMILES string of the molecule is CCc1ccc(C(=O)CC(C)CC(C)(C)C)cc1. The monoisotopic (exact) mass is 246 g/mol. The third kappa shape index (κ3) is 5.03. The number of aryl methyl sites for hydroxylation is 1. The summed E-state index contributed by atoms with van der Waals surface area (Å²) >= 11 is 0. The summed E-state index contributed by atoms with van der Waals surface area (Å²) in [7, 11) is 0. The van der Waals surface area contributed by atoms with Crippen molar-refractivity contribution in [2.75, 3.05) is 0 Å². The molecule has 0 aromatic heterocycles. The van der Waals surface area contributed by atoms with Gasteiger partial charge >= 0.3 is 0 Å². The molecule has 1 nitrogen and oxygen atoms in total. The zero-order valence-corrected chi connectivity index (χ0v) is 12.4. The summed E-state index contributed by atoms with van der Waals surface area (Å²) in [4.78, 5) is 12.1. The Morgan fingerprint density at radius 3 is 2.17 bits per heavy atom. The van der Waals surface area contributed by atoms with Gasteiger partial charge in [-0.25, -0.2) is 0 Å². The van der Waals surface area contributed by atoms with Gasteiger partial charge in [0.2, 0.25) is 0 Å². The Morgan fingerprint density at radius 2 is 1.72 bits per heavy atom. The molecule has 1 unspecified atom stereocenters. The van der Waals surface area contributed by atoms with Crippen molar-refractivity contribution in [2.24, 2.45) is 11.3 Å². The zero-order valence-electron chi connectivity index (χ0n) is 12.4. The average Bonchev–Trinajstić information content (AvgIpc) is 2.26. The van der Waals surface area contributed by atoms with E-state index in [-0.39, 0.29) is 5.78 Å². The molecule has 0 radical (unpaired) electrons. The van der Waals surface area contributed by atoms with Gasteiger partial charge in [-0.1, -0.05) is 58.9 Å². The summed E-state index contributed by atoms with van der Waals surface area (Å²) < 4.78 is 0. The molecule has 100 valence electrons. The lowest BCUT2D eigenvalue weighted by molar-refractivity contribution is 0.0954. The predicted octanol–water partition coefficient (Wildman–Crippen LogP) is 4.89. The largest absolute Gasteiger partial charge is 0.294 e. The molecule has 1 atom stereocenters. The molecular formula is C17H26O. The molecule has 1 heteroatoms. The number of rotatable bonds is 5. The Balaban J connectivity index is 2.59. The normalized spacial score (nSPS) is 13.4. The maximum absolute atomic E-state index is 12.1. The first-order valence-corrected chi connectivity index (χ1v) is 6.94. The molecule has 0 heterocycles. The highest BCUT2D eigenvalue weighted by Crippen LogP contribution is 2.26. The van der Waals surface area contributed by atoms with E-state index in [1.165, 1.54) is 5.56 Å². The molecule has 0 N–H and O–H groups in total. The highest BCUT2D eigenvalue weighted by molar-refractivity contribution is 5.96. The Morgan fingerprint density at radius 1 is 1.17 bits per heavy atom. The number of Topliss-reactive ketones (excluding diaryl/α,β-unsaturated/α-hetero) is 1. The highest BCUT2D eigenvalue weighted by Gasteiger charge is 2.18. The summed E-state index contributed by atoms with van der Waals surface area (Å²) in [5.41, 5.74) is 2.44. The van der Waals surface area contributed by atoms with Gasteiger partial charge in [0.25, 0.3) is 0 Å². The quantitative estimate of drug-likeness (QED) is 0.676. The van der Waals surface area contributed by atoms with Crippen LogP contribution in [0.15, 0.2) is 24.3 Å². The van der Waals surface area contributed by atoms with Crippen LogP contribution in [-0.2, 0) is 6.42 Å². The van der Waals surface area contributed by atoms with Crippen LogP contribution in [0.2, 0.25) is 0 Å². The molecule has 0 aliphatic rings. The van der Waals surface area contributed by atoms with Gasteiger partial charge in [0.05, 0.1) is 0 Å². The van der Waals surface area contributed by atoms with Gasteiger partial charge in [0.15, 0.2) is 5.78 Å². The minimum Gasteiger partial charge on any atom is -0.294 e. The van der Waals surface area contributed by atoms with E-state index < -0.39 is 0 Å². The lowest BCUT2D eigenvalue weighted by Crippen LogP contribution is -2.14. The zero-order chi connectivity index (χ0) is 13.8. The Bertz CT molecular complexity index is 381. The van der Waals surface area contributed by atoms with Crippen molar-refractivity contribution in [3.8, 4) is 0 Å². The number of hydrogen-bond donors (Lipinski definition) is 0. The Labute approximate surface area is 112 Å². The van der Waals surface area contributed by atoms with Crippen molar-refractivity contribution in [2.45, 2.75) is 53.9 Å². The van der Waals surface area contributed by atoms with Gasteiger partial charge in [0.1, 0.15) is 0 Å². The van der Waals surface area contributed by atoms with E-state index in [9.17, 15) is 4.79 Å². The summed E-state index contributed by atoms with van der Waals surface area (Å²) in [5.74, 6) is 0.720. The van der Waals surface area contributed by atoms with E-state index in [0.717, 1.165) is 18.4 Å². The van der Waals surface area contributed by atoms with Gasteiger partial charge in [-0.2, -0.15) is 0 Å². The third-order valence-electron chi connectivity index (χ3n) is 3.18. The fourth-order valence-corrected chi connectivity index (χ4v) is 2.48. The molecule has 1 aromatic carbocycles. The van der Waals surface area contributed by atoms with Crippen molar-refractivity contribution >= 4 is 5.78 Å². The molecule has 0 amide bonds. The van der Waals surface area contributed by atoms with Gasteiger partial charge in [0, 0.05) is 12.0 Å². The van der Waals surface area contributed by atoms with E-state index in [0.29, 0.717) is 17.8 Å². The fraction of sp³-hybridized carbons (Fsp3) is 0.588. The summed E-state index contributed by atoms with van der Waals surface area (Å²) in [5, 5.41) is 0. The number of benzene rings is 1. The molecule has 0 aliphatic carbocycles. The maximum Gasteiger partial charge on any atom is 0.163 e. The first kappa shape index (κ1) is 14.9. The highest BCUT2D eigenvalue weighted by atomic mass is 16.1. The molecule has 0 fully saturated rings. The van der Waals surface area contributed by atoms with Crippen LogP contribution in [0.25, 0.3) is 0 Å². The third-order valence-corrected chi connectivity index (χ3v) is 3.18. The van der Waals surface area contributed by atoms with Crippen molar-refractivity contribution in [1.29, 1.82) is 0 Å². The van der Waals surface area contributed by atoms with Gasteiger partial charge in [-0.3, -0.25) is 4.79 Å². The smallest absolute Gasteiger partial charge is 0.163 e. The molecule has 1 rings (SSSR count). The second kappa shape index (κ2) is 6.17. The van der Waals surface area contributed by atoms with Crippen molar-refractivity contribution < 1.29 is 4.79 Å². The number of carbonyl (C=O) groups is 1. The first-order valence-electron chi connectivity index (χ1n) is 6.94. The van der Waals surface area contributed by atoms with Crippen molar-refractivity contribution in [1.82, 2.24) is 0 Å². The maximum atomic E-state index is 12.1. The number of hydrogen-bond acceptors (Lipinski definition) is 1. The molecule has 0 spiro atoms. The Hall–Kier alpha value is -1.11. The molecular weight excluding hydrogens is 220 g/mol. The second-order valence-electron chi connectivity index (χ2n) is 6.55. The lowest BCUT2D eigenvalue weighted by atomic mass is 9.83. The lowest BCUT2D eigenvalue weighted by Gasteiger charge is -2.22. The van der Waals surface area contributed by atoms with Crippen LogP contribution in [0.1, 0.15) is 63.4 Å². The summed E-state index contributed by atoms with van der Waals surface area (Å²) in [6.07, 6.45) is 2.77. The van der Waals surface area contributed by atoms with Crippen LogP contribution in [0.3, 0.4) is 0 Å². The molecule has 1 aromatic rings. The van der Waals surface area contributed by atoms with Crippen molar-refractivity contribution in [3.63, 3.8) is 0 Å². The Kier molecular flexibility index (Phi) is 5.13. The molecule has 0 aliphatic heterocycles. The van der Waals surface area contributed by atoms with Crippen LogP contribution < -0.4 is 0 Å². The summed E-state index contributed by atoms with van der Waals surface area (Å²) in [6, 6.07) is 8.04. The van der Waals surface area contributed by atoms with Crippen LogP contribution in [0.4, 0.5) is 0 Å². The number of ketones is 1. The fourth-order valence-electron chi connectivity index (χ4n) is 2.48. The minimum atomic E-state index is 0.273. The van der Waals surface area contributed by atoms with Gasteiger partial charge < -0.3 is 0 Å². The van der Waals surface area contributed by atoms with Crippen LogP contribution in [-0.4, -0.2) is 5.78 Å². The first-order chi connectivity index (χ1) is 8.31. The van der Waals surface area contributed by atoms with E-state index >= 15 is 0 Å². The van der Waals surface area contributed by atoms with Crippen LogP contribution >= 0.6 is 0 Å². The molecule has 0 bridgehead atoms. The second-order valence-corrected chi connectivity index (χ2v) is 6.55. The number of carbonyl (C=O) groups excluding carboxylic acids is 1. The van der Waals surface area contributed by atoms with Gasteiger partial charge in [-0.15, -0.1) is 0 Å². The molecule has 0 saturated carbocycles. The minimum absolute atomic E-state index is 0.273. The summed E-state index contributed by atoms with van der Waals surface area (Å²) in [6.45, 7) is 11.0. The van der Waals surface area contributed by atoms with E-state index in [4.69, 9.17) is 0 Å². The predicted molar refractivity (Wildman–Crippen MR) is 78.0 cm³/mol. The van der Waals surface area contributed by atoms with Gasteiger partial charge in [-0.05, 0) is 29.7 Å². The van der Waals surface area contributed by atoms with E-state index in [1.807, 2.05) is 12.1 Å².